The van der Waals surface area contributed by atoms with Gasteiger partial charge >= 0.3 is 0 Å². The second kappa shape index (κ2) is 7.70. The van der Waals surface area contributed by atoms with E-state index in [1.54, 1.807) is 28.4 Å². The molecule has 3 aliphatic rings. The summed E-state index contributed by atoms with van der Waals surface area (Å²) >= 11 is 0. The summed E-state index contributed by atoms with van der Waals surface area (Å²) in [5.74, 6) is 5.92. The van der Waals surface area contributed by atoms with Crippen LogP contribution in [-0.4, -0.2) is 28.4 Å². The summed E-state index contributed by atoms with van der Waals surface area (Å²) < 4.78 is 35.4. The van der Waals surface area contributed by atoms with E-state index in [9.17, 15) is 0 Å². The van der Waals surface area contributed by atoms with Crippen LogP contribution in [0.2, 0.25) is 0 Å². The van der Waals surface area contributed by atoms with E-state index >= 15 is 0 Å². The topological polar surface area (TPSA) is 58.6 Å². The summed E-state index contributed by atoms with van der Waals surface area (Å²) in [6, 6.07) is 19.9. The van der Waals surface area contributed by atoms with Gasteiger partial charge in [-0.15, -0.1) is 0 Å². The summed E-state index contributed by atoms with van der Waals surface area (Å²) in [7, 11) is 5.68. The first kappa shape index (κ1) is 21.2. The number of rotatable bonds is 5. The SMILES string of the molecule is COc1ccc(N2c3cc(OC)cc4c3P3c5c(cc(OC)cc5Oc5cc(OC)cc2c53)O4)cc1. The Bertz CT molecular complexity index is 1460. The van der Waals surface area contributed by atoms with Crippen LogP contribution in [0.15, 0.2) is 60.7 Å². The van der Waals surface area contributed by atoms with Gasteiger partial charge in [0.2, 0.25) is 0 Å². The highest BCUT2D eigenvalue weighted by atomic mass is 31.1. The molecule has 8 heteroatoms. The second-order valence-electron chi connectivity index (χ2n) is 8.53. The molecule has 4 aromatic rings. The van der Waals surface area contributed by atoms with Gasteiger partial charge in [0.1, 0.15) is 46.0 Å². The van der Waals surface area contributed by atoms with Crippen molar-refractivity contribution in [2.24, 2.45) is 0 Å². The highest BCUT2D eigenvalue weighted by Gasteiger charge is 2.46. The molecule has 0 atom stereocenters. The fourth-order valence-corrected chi connectivity index (χ4v) is 7.86. The first-order valence-corrected chi connectivity index (χ1v) is 12.7. The quantitative estimate of drug-likeness (QED) is 0.291. The molecule has 0 unspecified atom stereocenters. The fourth-order valence-electron chi connectivity index (χ4n) is 5.08. The molecule has 4 aromatic carbocycles. The van der Waals surface area contributed by atoms with Gasteiger partial charge in [-0.1, -0.05) is 0 Å². The number of methoxy groups -OCH3 is 4. The van der Waals surface area contributed by atoms with Crippen molar-refractivity contribution < 1.29 is 28.4 Å². The van der Waals surface area contributed by atoms with Crippen LogP contribution in [0.5, 0.6) is 46.0 Å². The Morgan fingerprint density at radius 3 is 1.39 bits per heavy atom. The van der Waals surface area contributed by atoms with E-state index in [4.69, 9.17) is 28.4 Å². The van der Waals surface area contributed by atoms with Crippen molar-refractivity contribution in [1.29, 1.82) is 0 Å². The zero-order chi connectivity index (χ0) is 24.6. The Labute approximate surface area is 209 Å². The molecule has 0 spiro atoms. The van der Waals surface area contributed by atoms with Crippen LogP contribution in [-0.2, 0) is 0 Å². The predicted octanol–water partition coefficient (Wildman–Crippen LogP) is 5.47. The molecule has 0 saturated carbocycles. The predicted molar refractivity (Wildman–Crippen MR) is 140 cm³/mol. The van der Waals surface area contributed by atoms with Gasteiger partial charge in [-0.3, -0.25) is 0 Å². The first-order chi connectivity index (χ1) is 17.6. The zero-order valence-corrected chi connectivity index (χ0v) is 21.0. The van der Waals surface area contributed by atoms with Crippen LogP contribution >= 0.6 is 7.92 Å². The second-order valence-corrected chi connectivity index (χ2v) is 10.5. The highest BCUT2D eigenvalue weighted by Crippen LogP contribution is 2.61. The molecule has 7 nitrogen and oxygen atoms in total. The molecule has 0 aliphatic carbocycles. The highest BCUT2D eigenvalue weighted by molar-refractivity contribution is 7.81. The molecule has 0 fully saturated rings. The lowest BCUT2D eigenvalue weighted by molar-refractivity contribution is 0.397. The van der Waals surface area contributed by atoms with Gasteiger partial charge in [0.05, 0.1) is 55.7 Å². The maximum atomic E-state index is 6.50. The van der Waals surface area contributed by atoms with Crippen molar-refractivity contribution in [1.82, 2.24) is 0 Å². The van der Waals surface area contributed by atoms with E-state index in [0.29, 0.717) is 17.2 Å². The Morgan fingerprint density at radius 2 is 0.944 bits per heavy atom. The van der Waals surface area contributed by atoms with Crippen molar-refractivity contribution in [3.8, 4) is 46.0 Å². The van der Waals surface area contributed by atoms with Crippen LogP contribution < -0.4 is 49.2 Å². The third kappa shape index (κ3) is 2.83. The smallest absolute Gasteiger partial charge is 0.143 e. The minimum atomic E-state index is -0.965. The molecule has 0 amide bonds. The molecule has 0 bridgehead atoms. The monoisotopic (exact) mass is 499 g/mol. The molecular formula is C28H22NO6P. The summed E-state index contributed by atoms with van der Waals surface area (Å²) in [4.78, 5) is 2.22. The van der Waals surface area contributed by atoms with Crippen LogP contribution in [0.25, 0.3) is 0 Å². The van der Waals surface area contributed by atoms with Crippen molar-refractivity contribution >= 4 is 40.9 Å². The van der Waals surface area contributed by atoms with Gasteiger partial charge in [0.15, 0.2) is 0 Å². The minimum Gasteiger partial charge on any atom is -0.497 e. The molecule has 3 aliphatic heterocycles. The normalized spacial score (nSPS) is 13.8. The average Bonchev–Trinajstić information content (AvgIpc) is 2.92. The van der Waals surface area contributed by atoms with Crippen molar-refractivity contribution in [2.45, 2.75) is 0 Å². The molecular weight excluding hydrogens is 477 g/mol. The summed E-state index contributed by atoms with van der Waals surface area (Å²) in [5.41, 5.74) is 2.98. The lowest BCUT2D eigenvalue weighted by Crippen LogP contribution is -2.40. The third-order valence-electron chi connectivity index (χ3n) is 6.70. The van der Waals surface area contributed by atoms with Gasteiger partial charge < -0.3 is 33.3 Å². The number of nitrogens with zero attached hydrogens (tertiary/aromatic N) is 1. The molecule has 3 heterocycles. The number of hydrogen-bond donors (Lipinski definition) is 0. The summed E-state index contributed by atoms with van der Waals surface area (Å²) in [6.45, 7) is 0. The van der Waals surface area contributed by atoms with E-state index < -0.39 is 7.92 Å². The Hall–Kier alpha value is -4.09. The molecule has 0 N–H and O–H groups in total. The van der Waals surface area contributed by atoms with Crippen molar-refractivity contribution in [3.05, 3.63) is 60.7 Å². The summed E-state index contributed by atoms with van der Waals surface area (Å²) in [5, 5.41) is 3.31. The maximum Gasteiger partial charge on any atom is 0.143 e. The van der Waals surface area contributed by atoms with E-state index in [2.05, 4.69) is 17.0 Å². The maximum absolute atomic E-state index is 6.50. The molecule has 180 valence electrons. The van der Waals surface area contributed by atoms with Gasteiger partial charge in [0, 0.05) is 50.0 Å². The zero-order valence-electron chi connectivity index (χ0n) is 20.1. The average molecular weight is 499 g/mol. The number of hydrogen-bond acceptors (Lipinski definition) is 7. The minimum absolute atomic E-state index is 0.675. The van der Waals surface area contributed by atoms with Crippen molar-refractivity contribution in [3.63, 3.8) is 0 Å². The van der Waals surface area contributed by atoms with E-state index in [1.165, 1.54) is 0 Å². The van der Waals surface area contributed by atoms with Crippen LogP contribution in [0.1, 0.15) is 0 Å². The van der Waals surface area contributed by atoms with E-state index in [1.807, 2.05) is 48.5 Å². The third-order valence-corrected chi connectivity index (χ3v) is 9.38. The number of ether oxygens (including phenoxy) is 6. The van der Waals surface area contributed by atoms with Gasteiger partial charge in [-0.25, -0.2) is 0 Å². The Kier molecular flexibility index (Phi) is 4.54. The first-order valence-electron chi connectivity index (χ1n) is 11.4. The van der Waals surface area contributed by atoms with Crippen LogP contribution in [0, 0.1) is 0 Å². The lowest BCUT2D eigenvalue weighted by atomic mass is 10.1. The molecule has 0 saturated heterocycles. The fraction of sp³-hybridized carbons (Fsp3) is 0.143. The van der Waals surface area contributed by atoms with E-state index in [0.717, 1.165) is 61.7 Å². The molecule has 0 radical (unpaired) electrons. The Morgan fingerprint density at radius 1 is 0.528 bits per heavy atom. The van der Waals surface area contributed by atoms with Crippen LogP contribution in [0.3, 0.4) is 0 Å². The number of benzene rings is 4. The Balaban J connectivity index is 1.58. The standard InChI is InChI=1S/C28H22NO6P/c1-30-16-7-5-15(6-8-16)29-20-9-17(31-2)11-22-26(20)36-27-21(29)10-18(32-3)12-23(27)35-25-14-19(33-4)13-24(34-22)28(25)36/h5-14H,1-4H3. The van der Waals surface area contributed by atoms with Crippen molar-refractivity contribution in [2.75, 3.05) is 33.3 Å². The molecule has 7 rings (SSSR count). The molecule has 36 heavy (non-hydrogen) atoms. The van der Waals surface area contributed by atoms with Gasteiger partial charge in [-0.2, -0.15) is 0 Å². The summed E-state index contributed by atoms with van der Waals surface area (Å²) in [6.07, 6.45) is 0. The van der Waals surface area contributed by atoms with Gasteiger partial charge in [0.25, 0.3) is 0 Å². The largest absolute Gasteiger partial charge is 0.497 e. The number of anilines is 3. The van der Waals surface area contributed by atoms with Gasteiger partial charge in [-0.05, 0) is 24.3 Å². The lowest BCUT2D eigenvalue weighted by Gasteiger charge is -2.44. The molecule has 0 aromatic heterocycles. The van der Waals surface area contributed by atoms with E-state index in [-0.39, 0.29) is 0 Å². The van der Waals surface area contributed by atoms with Crippen LogP contribution in [0.4, 0.5) is 17.1 Å².